The highest BCUT2D eigenvalue weighted by atomic mass is 16.2. The van der Waals surface area contributed by atoms with Crippen LogP contribution in [0.25, 0.3) is 0 Å². The average molecular weight is 339 g/mol. The first-order valence-electron chi connectivity index (χ1n) is 8.63. The molecule has 2 aromatic carbocycles. The summed E-state index contributed by atoms with van der Waals surface area (Å²) in [5.74, 6) is -0.150. The third-order valence-corrected chi connectivity index (χ3v) is 3.76. The Kier molecular flexibility index (Phi) is 7.16. The number of para-hydroxylation sites is 1. The average Bonchev–Trinajstić information content (AvgIpc) is 2.64. The van der Waals surface area contributed by atoms with Crippen LogP contribution >= 0.6 is 0 Å². The van der Waals surface area contributed by atoms with Crippen molar-refractivity contribution in [3.05, 3.63) is 60.2 Å². The fraction of sp³-hybridized carbons (Fsp3) is 0.300. The highest BCUT2D eigenvalue weighted by molar-refractivity contribution is 6.06. The van der Waals surface area contributed by atoms with Crippen LogP contribution in [-0.2, 0) is 4.79 Å². The fourth-order valence-electron chi connectivity index (χ4n) is 2.49. The Morgan fingerprint density at radius 2 is 1.64 bits per heavy atom. The van der Waals surface area contributed by atoms with E-state index in [-0.39, 0.29) is 18.4 Å². The number of hydrogen-bond acceptors (Lipinski definition) is 3. The van der Waals surface area contributed by atoms with Gasteiger partial charge in [-0.25, -0.2) is 0 Å². The van der Waals surface area contributed by atoms with Gasteiger partial charge >= 0.3 is 0 Å². The van der Waals surface area contributed by atoms with Gasteiger partial charge in [-0.2, -0.15) is 0 Å². The number of amides is 2. The number of carbonyl (C=O) groups is 2. The first-order valence-corrected chi connectivity index (χ1v) is 8.63. The van der Waals surface area contributed by atoms with Crippen molar-refractivity contribution in [2.45, 2.75) is 20.3 Å². The van der Waals surface area contributed by atoms with Gasteiger partial charge in [0.1, 0.15) is 0 Å². The van der Waals surface area contributed by atoms with Gasteiger partial charge in [0, 0.05) is 23.5 Å². The van der Waals surface area contributed by atoms with Crippen molar-refractivity contribution < 1.29 is 9.59 Å². The Labute approximate surface area is 149 Å². The van der Waals surface area contributed by atoms with E-state index in [1.807, 2.05) is 37.3 Å². The van der Waals surface area contributed by atoms with Crippen LogP contribution in [0.1, 0.15) is 30.6 Å². The van der Waals surface area contributed by atoms with Crippen molar-refractivity contribution in [1.29, 1.82) is 0 Å². The van der Waals surface area contributed by atoms with Gasteiger partial charge in [0.05, 0.1) is 6.54 Å². The van der Waals surface area contributed by atoms with Crippen molar-refractivity contribution in [1.82, 2.24) is 5.32 Å². The van der Waals surface area contributed by atoms with Crippen molar-refractivity contribution in [3.8, 4) is 0 Å². The van der Waals surface area contributed by atoms with Crippen LogP contribution in [0.2, 0.25) is 0 Å². The van der Waals surface area contributed by atoms with Crippen LogP contribution in [0.15, 0.2) is 54.6 Å². The molecule has 0 saturated heterocycles. The minimum absolute atomic E-state index is 0.0591. The molecule has 0 unspecified atom stereocenters. The Morgan fingerprint density at radius 1 is 0.960 bits per heavy atom. The minimum Gasteiger partial charge on any atom is -0.325 e. The van der Waals surface area contributed by atoms with Crippen LogP contribution in [0.5, 0.6) is 0 Å². The number of hydrogen-bond donors (Lipinski definition) is 2. The zero-order valence-corrected chi connectivity index (χ0v) is 14.8. The van der Waals surface area contributed by atoms with Crippen molar-refractivity contribution >= 4 is 23.2 Å². The number of rotatable bonds is 8. The van der Waals surface area contributed by atoms with Gasteiger partial charge in [-0.1, -0.05) is 25.1 Å². The van der Waals surface area contributed by atoms with Gasteiger partial charge in [-0.15, -0.1) is 0 Å². The van der Waals surface area contributed by atoms with Crippen molar-refractivity contribution in [2.75, 3.05) is 29.9 Å². The van der Waals surface area contributed by atoms with E-state index in [1.165, 1.54) is 0 Å². The molecule has 0 fully saturated rings. The molecule has 5 nitrogen and oxygen atoms in total. The monoisotopic (exact) mass is 339 g/mol. The maximum absolute atomic E-state index is 12.7. The molecule has 0 aliphatic heterocycles. The molecule has 5 heteroatoms. The smallest absolute Gasteiger partial charge is 0.258 e. The van der Waals surface area contributed by atoms with Gasteiger partial charge in [0.2, 0.25) is 5.91 Å². The summed E-state index contributed by atoms with van der Waals surface area (Å²) in [5.41, 5.74) is 2.14. The second-order valence-corrected chi connectivity index (χ2v) is 5.69. The van der Waals surface area contributed by atoms with E-state index in [0.29, 0.717) is 17.8 Å². The van der Waals surface area contributed by atoms with Gasteiger partial charge in [-0.05, 0) is 56.3 Å². The maximum Gasteiger partial charge on any atom is 0.258 e. The van der Waals surface area contributed by atoms with Gasteiger partial charge in [-0.3, -0.25) is 9.59 Å². The molecule has 2 aromatic rings. The number of nitrogens with one attached hydrogen (secondary N) is 2. The Morgan fingerprint density at radius 3 is 2.24 bits per heavy atom. The predicted molar refractivity (Wildman–Crippen MR) is 102 cm³/mol. The molecular formula is C20H25N3O2. The lowest BCUT2D eigenvalue weighted by molar-refractivity contribution is -0.115. The summed E-state index contributed by atoms with van der Waals surface area (Å²) in [7, 11) is 0. The largest absolute Gasteiger partial charge is 0.325 e. The highest BCUT2D eigenvalue weighted by Gasteiger charge is 2.15. The first-order chi connectivity index (χ1) is 12.2. The highest BCUT2D eigenvalue weighted by Crippen LogP contribution is 2.18. The summed E-state index contributed by atoms with van der Waals surface area (Å²) in [5, 5.41) is 5.87. The van der Waals surface area contributed by atoms with Crippen LogP contribution in [0.4, 0.5) is 11.4 Å². The molecular weight excluding hydrogens is 314 g/mol. The van der Waals surface area contributed by atoms with Crippen LogP contribution in [-0.4, -0.2) is 31.4 Å². The summed E-state index contributed by atoms with van der Waals surface area (Å²) in [6, 6.07) is 16.6. The molecule has 0 spiro atoms. The molecule has 2 amide bonds. The third-order valence-electron chi connectivity index (χ3n) is 3.76. The zero-order valence-electron chi connectivity index (χ0n) is 14.8. The lowest BCUT2D eigenvalue weighted by atomic mass is 10.1. The molecule has 25 heavy (non-hydrogen) atoms. The normalized spacial score (nSPS) is 10.3. The molecule has 132 valence electrons. The molecule has 0 aliphatic rings. The maximum atomic E-state index is 12.7. The SMILES string of the molecule is CCCNCC(=O)Nc1ccc(C(=O)N(CC)c2ccccc2)cc1. The van der Waals surface area contributed by atoms with Crippen molar-refractivity contribution in [3.63, 3.8) is 0 Å². The van der Waals surface area contributed by atoms with E-state index in [4.69, 9.17) is 0 Å². The van der Waals surface area contributed by atoms with Crippen LogP contribution in [0, 0.1) is 0 Å². The van der Waals surface area contributed by atoms with Gasteiger partial charge in [0.25, 0.3) is 5.91 Å². The predicted octanol–water partition coefficient (Wildman–Crippen LogP) is 3.29. The molecule has 0 aliphatic carbocycles. The fourth-order valence-corrected chi connectivity index (χ4v) is 2.49. The second kappa shape index (κ2) is 9.59. The standard InChI is InChI=1S/C20H25N3O2/c1-3-14-21-15-19(24)22-17-12-10-16(11-13-17)20(25)23(4-2)18-8-6-5-7-9-18/h5-13,21H,3-4,14-15H2,1-2H3,(H,22,24). The summed E-state index contributed by atoms with van der Waals surface area (Å²) >= 11 is 0. The molecule has 2 rings (SSSR count). The van der Waals surface area contributed by atoms with E-state index in [2.05, 4.69) is 17.6 Å². The molecule has 0 radical (unpaired) electrons. The van der Waals surface area contributed by atoms with Crippen LogP contribution < -0.4 is 15.5 Å². The van der Waals surface area contributed by atoms with Crippen LogP contribution in [0.3, 0.4) is 0 Å². The second-order valence-electron chi connectivity index (χ2n) is 5.69. The first kappa shape index (κ1) is 18.7. The quantitative estimate of drug-likeness (QED) is 0.726. The summed E-state index contributed by atoms with van der Waals surface area (Å²) in [6.45, 7) is 5.68. The lowest BCUT2D eigenvalue weighted by Gasteiger charge is -2.21. The molecule has 0 aromatic heterocycles. The van der Waals surface area contributed by atoms with E-state index in [9.17, 15) is 9.59 Å². The Bertz CT molecular complexity index is 684. The van der Waals surface area contributed by atoms with E-state index in [0.717, 1.165) is 18.7 Å². The number of carbonyl (C=O) groups excluding carboxylic acids is 2. The van der Waals surface area contributed by atoms with E-state index < -0.39 is 0 Å². The van der Waals surface area contributed by atoms with Crippen molar-refractivity contribution in [2.24, 2.45) is 0 Å². The topological polar surface area (TPSA) is 61.4 Å². The number of nitrogens with zero attached hydrogens (tertiary/aromatic N) is 1. The van der Waals surface area contributed by atoms with E-state index >= 15 is 0 Å². The Hall–Kier alpha value is -2.66. The number of benzene rings is 2. The molecule has 0 bridgehead atoms. The van der Waals surface area contributed by atoms with E-state index in [1.54, 1.807) is 29.2 Å². The lowest BCUT2D eigenvalue weighted by Crippen LogP contribution is -2.30. The Balaban J connectivity index is 2.01. The molecule has 0 saturated carbocycles. The molecule has 0 heterocycles. The van der Waals surface area contributed by atoms with Gasteiger partial charge < -0.3 is 15.5 Å². The minimum atomic E-state index is -0.0907. The third kappa shape index (κ3) is 5.43. The summed E-state index contributed by atoms with van der Waals surface area (Å²) < 4.78 is 0. The van der Waals surface area contributed by atoms with Gasteiger partial charge in [0.15, 0.2) is 0 Å². The molecule has 2 N–H and O–H groups in total. The summed E-state index contributed by atoms with van der Waals surface area (Å²) in [4.78, 5) is 26.2. The summed E-state index contributed by atoms with van der Waals surface area (Å²) in [6.07, 6.45) is 0.986. The zero-order chi connectivity index (χ0) is 18.1. The molecule has 0 atom stereocenters. The number of anilines is 2.